The molecule has 114 valence electrons. The molecule has 0 N–H and O–H groups in total. The van der Waals surface area contributed by atoms with E-state index in [1.807, 2.05) is 42.5 Å². The van der Waals surface area contributed by atoms with Crippen molar-refractivity contribution in [2.75, 3.05) is 0 Å². The zero-order chi connectivity index (χ0) is 16.0. The Hall–Kier alpha value is -1.90. The minimum absolute atomic E-state index is 0.135. The summed E-state index contributed by atoms with van der Waals surface area (Å²) in [7, 11) is 0. The molecule has 0 amide bonds. The van der Waals surface area contributed by atoms with Crippen molar-refractivity contribution in [3.8, 4) is 11.1 Å². The molecule has 0 spiro atoms. The number of fused-ring (bicyclic) bond motifs is 2. The SMILES string of the molecule is O=C1CCCc2nc3ccc(Cl)cc3c(-c3ccccc3Cl)c21. The first-order valence-corrected chi connectivity index (χ1v) is 8.31. The lowest BCUT2D eigenvalue weighted by molar-refractivity contribution is 0.0972. The molecule has 0 atom stereocenters. The van der Waals surface area contributed by atoms with Gasteiger partial charge in [0.05, 0.1) is 11.2 Å². The highest BCUT2D eigenvalue weighted by Crippen LogP contribution is 2.40. The Labute approximate surface area is 144 Å². The van der Waals surface area contributed by atoms with E-state index in [4.69, 9.17) is 28.2 Å². The molecule has 3 aromatic rings. The van der Waals surface area contributed by atoms with Crippen LogP contribution in [0.1, 0.15) is 28.9 Å². The highest BCUT2D eigenvalue weighted by molar-refractivity contribution is 6.34. The first-order chi connectivity index (χ1) is 11.1. The first kappa shape index (κ1) is 14.7. The number of aromatic nitrogens is 1. The van der Waals surface area contributed by atoms with Crippen molar-refractivity contribution < 1.29 is 4.79 Å². The predicted octanol–water partition coefficient (Wildman–Crippen LogP) is 5.73. The van der Waals surface area contributed by atoms with Gasteiger partial charge in [0, 0.05) is 38.5 Å². The number of Topliss-reactive ketones (excluding diaryl/α,β-unsaturated/α-hetero) is 1. The molecular weight excluding hydrogens is 329 g/mol. The average molecular weight is 342 g/mol. The van der Waals surface area contributed by atoms with Gasteiger partial charge in [0.2, 0.25) is 0 Å². The number of rotatable bonds is 1. The fourth-order valence-corrected chi connectivity index (χ4v) is 3.65. The van der Waals surface area contributed by atoms with Crippen LogP contribution in [0.25, 0.3) is 22.0 Å². The van der Waals surface area contributed by atoms with Crippen molar-refractivity contribution in [2.24, 2.45) is 0 Å². The Morgan fingerprint density at radius 1 is 0.957 bits per heavy atom. The number of carbonyl (C=O) groups is 1. The summed E-state index contributed by atoms with van der Waals surface area (Å²) in [5.74, 6) is 0.135. The van der Waals surface area contributed by atoms with Crippen LogP contribution in [0.4, 0.5) is 0 Å². The lowest BCUT2D eigenvalue weighted by Crippen LogP contribution is -2.14. The maximum absolute atomic E-state index is 12.6. The van der Waals surface area contributed by atoms with Gasteiger partial charge < -0.3 is 0 Å². The molecule has 0 saturated heterocycles. The number of ketones is 1. The van der Waals surface area contributed by atoms with Crippen molar-refractivity contribution >= 4 is 39.9 Å². The van der Waals surface area contributed by atoms with Gasteiger partial charge >= 0.3 is 0 Å². The van der Waals surface area contributed by atoms with E-state index in [0.29, 0.717) is 22.0 Å². The topological polar surface area (TPSA) is 30.0 Å². The zero-order valence-corrected chi connectivity index (χ0v) is 13.8. The lowest BCUT2D eigenvalue weighted by atomic mass is 9.86. The molecule has 1 heterocycles. The van der Waals surface area contributed by atoms with Gasteiger partial charge in [0.15, 0.2) is 5.78 Å². The van der Waals surface area contributed by atoms with Crippen LogP contribution in [0, 0.1) is 0 Å². The zero-order valence-electron chi connectivity index (χ0n) is 12.3. The normalized spacial score (nSPS) is 14.1. The Balaban J connectivity index is 2.18. The number of carbonyl (C=O) groups excluding carboxylic acids is 1. The van der Waals surface area contributed by atoms with Crippen LogP contribution in [-0.2, 0) is 6.42 Å². The molecule has 0 radical (unpaired) electrons. The van der Waals surface area contributed by atoms with Crippen LogP contribution in [0.3, 0.4) is 0 Å². The summed E-state index contributed by atoms with van der Waals surface area (Å²) >= 11 is 12.6. The number of aryl methyl sites for hydroxylation is 1. The largest absolute Gasteiger partial charge is 0.294 e. The van der Waals surface area contributed by atoms with Gasteiger partial charge in [0.25, 0.3) is 0 Å². The van der Waals surface area contributed by atoms with E-state index >= 15 is 0 Å². The van der Waals surface area contributed by atoms with E-state index in [0.717, 1.165) is 40.6 Å². The number of hydrogen-bond acceptors (Lipinski definition) is 2. The maximum Gasteiger partial charge on any atom is 0.165 e. The summed E-state index contributed by atoms with van der Waals surface area (Å²) in [6.07, 6.45) is 2.22. The maximum atomic E-state index is 12.6. The molecule has 0 saturated carbocycles. The number of pyridine rings is 1. The Kier molecular flexibility index (Phi) is 3.59. The van der Waals surface area contributed by atoms with E-state index in [2.05, 4.69) is 0 Å². The predicted molar refractivity (Wildman–Crippen MR) is 94.5 cm³/mol. The first-order valence-electron chi connectivity index (χ1n) is 7.55. The van der Waals surface area contributed by atoms with Gasteiger partial charge in [-0.2, -0.15) is 0 Å². The van der Waals surface area contributed by atoms with Gasteiger partial charge in [0.1, 0.15) is 0 Å². The van der Waals surface area contributed by atoms with Crippen molar-refractivity contribution in [2.45, 2.75) is 19.3 Å². The Bertz CT molecular complexity index is 949. The van der Waals surface area contributed by atoms with Crippen LogP contribution in [0.15, 0.2) is 42.5 Å². The standard InChI is InChI=1S/C19H13Cl2NO/c20-11-8-9-15-13(10-11)18(12-4-1-2-5-14(12)21)19-16(22-15)6-3-7-17(19)23/h1-2,4-5,8-10H,3,6-7H2. The molecule has 0 aliphatic heterocycles. The van der Waals surface area contributed by atoms with Crippen molar-refractivity contribution in [3.63, 3.8) is 0 Å². The third-order valence-corrected chi connectivity index (χ3v) is 4.83. The fraction of sp³-hybridized carbons (Fsp3) is 0.158. The monoisotopic (exact) mass is 341 g/mol. The van der Waals surface area contributed by atoms with E-state index in [9.17, 15) is 4.79 Å². The van der Waals surface area contributed by atoms with Gasteiger partial charge in [-0.15, -0.1) is 0 Å². The quantitative estimate of drug-likeness (QED) is 0.565. The van der Waals surface area contributed by atoms with E-state index in [1.54, 1.807) is 0 Å². The van der Waals surface area contributed by atoms with E-state index in [-0.39, 0.29) is 5.78 Å². The summed E-state index contributed by atoms with van der Waals surface area (Å²) in [6.45, 7) is 0. The van der Waals surface area contributed by atoms with Crippen molar-refractivity contribution in [1.82, 2.24) is 4.98 Å². The Morgan fingerprint density at radius 2 is 1.78 bits per heavy atom. The molecule has 0 unspecified atom stereocenters. The van der Waals surface area contributed by atoms with Crippen LogP contribution in [0.5, 0.6) is 0 Å². The van der Waals surface area contributed by atoms with Gasteiger partial charge in [-0.25, -0.2) is 0 Å². The molecule has 0 bridgehead atoms. The smallest absolute Gasteiger partial charge is 0.165 e. The minimum atomic E-state index is 0.135. The third kappa shape index (κ3) is 2.43. The number of hydrogen-bond donors (Lipinski definition) is 0. The van der Waals surface area contributed by atoms with E-state index in [1.165, 1.54) is 0 Å². The van der Waals surface area contributed by atoms with E-state index < -0.39 is 0 Å². The molecule has 1 aliphatic rings. The molecule has 1 aromatic heterocycles. The highest BCUT2D eigenvalue weighted by atomic mass is 35.5. The minimum Gasteiger partial charge on any atom is -0.294 e. The summed E-state index contributed by atoms with van der Waals surface area (Å²) in [5.41, 5.74) is 4.14. The molecule has 4 heteroatoms. The second-order valence-electron chi connectivity index (χ2n) is 5.73. The summed E-state index contributed by atoms with van der Waals surface area (Å²) < 4.78 is 0. The van der Waals surface area contributed by atoms with Crippen molar-refractivity contribution in [1.29, 1.82) is 0 Å². The molecule has 23 heavy (non-hydrogen) atoms. The summed E-state index contributed by atoms with van der Waals surface area (Å²) in [5, 5.41) is 2.12. The second kappa shape index (κ2) is 5.63. The summed E-state index contributed by atoms with van der Waals surface area (Å²) in [6, 6.07) is 13.2. The molecule has 2 nitrogen and oxygen atoms in total. The van der Waals surface area contributed by atoms with Gasteiger partial charge in [-0.3, -0.25) is 9.78 Å². The Morgan fingerprint density at radius 3 is 2.61 bits per heavy atom. The van der Waals surface area contributed by atoms with Gasteiger partial charge in [-0.05, 0) is 37.1 Å². The molecule has 0 fully saturated rings. The van der Waals surface area contributed by atoms with Crippen molar-refractivity contribution in [3.05, 3.63) is 63.8 Å². The summed E-state index contributed by atoms with van der Waals surface area (Å²) in [4.78, 5) is 17.3. The van der Waals surface area contributed by atoms with Crippen LogP contribution < -0.4 is 0 Å². The third-order valence-electron chi connectivity index (χ3n) is 4.26. The second-order valence-corrected chi connectivity index (χ2v) is 6.57. The molecular formula is C19H13Cl2NO. The van der Waals surface area contributed by atoms with Crippen LogP contribution in [-0.4, -0.2) is 10.8 Å². The lowest BCUT2D eigenvalue weighted by Gasteiger charge is -2.20. The number of benzene rings is 2. The molecule has 2 aromatic carbocycles. The molecule has 1 aliphatic carbocycles. The fourth-order valence-electron chi connectivity index (χ4n) is 3.25. The number of halogens is 2. The molecule has 4 rings (SSSR count). The number of nitrogens with zero attached hydrogens (tertiary/aromatic N) is 1. The van der Waals surface area contributed by atoms with Crippen LogP contribution >= 0.6 is 23.2 Å². The van der Waals surface area contributed by atoms with Gasteiger partial charge in [-0.1, -0.05) is 41.4 Å². The average Bonchev–Trinajstić information content (AvgIpc) is 2.54. The highest BCUT2D eigenvalue weighted by Gasteiger charge is 2.26. The van der Waals surface area contributed by atoms with Crippen LogP contribution in [0.2, 0.25) is 10.0 Å².